The van der Waals surface area contributed by atoms with Crippen LogP contribution in [0.15, 0.2) is 84.0 Å². The molecule has 0 saturated carbocycles. The summed E-state index contributed by atoms with van der Waals surface area (Å²) < 4.78 is 0. The van der Waals surface area contributed by atoms with Crippen LogP contribution in [0.5, 0.6) is 0 Å². The summed E-state index contributed by atoms with van der Waals surface area (Å²) in [5.74, 6) is -0.150. The highest BCUT2D eigenvalue weighted by atomic mass is 16.2. The number of benzene rings is 3. The molecule has 0 heterocycles. The third kappa shape index (κ3) is 5.07. The summed E-state index contributed by atoms with van der Waals surface area (Å²) in [6.45, 7) is 3.84. The Balaban J connectivity index is 1.65. The van der Waals surface area contributed by atoms with E-state index in [-0.39, 0.29) is 11.9 Å². The number of hydrogen-bond donors (Lipinski definition) is 2. The van der Waals surface area contributed by atoms with Gasteiger partial charge in [0.1, 0.15) is 6.04 Å². The number of fused-ring (bicyclic) bond motifs is 1. The quantitative estimate of drug-likeness (QED) is 0.441. The van der Waals surface area contributed by atoms with Crippen molar-refractivity contribution in [3.05, 3.63) is 84.4 Å². The molecule has 1 unspecified atom stereocenters. The maximum Gasteiger partial charge on any atom is 0.262 e. The van der Waals surface area contributed by atoms with Crippen molar-refractivity contribution in [2.24, 2.45) is 5.10 Å². The molecule has 2 N–H and O–H groups in total. The summed E-state index contributed by atoms with van der Waals surface area (Å²) in [6, 6.07) is 23.8. The number of nitrogens with zero attached hydrogens (tertiary/aromatic N) is 1. The normalized spacial score (nSPS) is 12.9. The first kappa shape index (κ1) is 19.4. The van der Waals surface area contributed by atoms with Crippen molar-refractivity contribution in [3.8, 4) is 0 Å². The average molecular weight is 371 g/mol. The standard InChI is InChI=1S/C24H25N3O/c1-3-22(25-23-15-9-13-20-12-7-8-14-21(20)23)24(28)27-26-18(2)16-17-19-10-5-4-6-11-19/h4-17,22,25H,3H2,1-2H3,(H,27,28)/b17-16+,26-18-. The average Bonchev–Trinajstić information content (AvgIpc) is 2.75. The van der Waals surface area contributed by atoms with Crippen molar-refractivity contribution >= 4 is 34.2 Å². The van der Waals surface area contributed by atoms with Crippen LogP contribution in [0.2, 0.25) is 0 Å². The van der Waals surface area contributed by atoms with Crippen molar-refractivity contribution in [2.45, 2.75) is 26.3 Å². The fourth-order valence-electron chi connectivity index (χ4n) is 2.93. The van der Waals surface area contributed by atoms with Crippen LogP contribution in [-0.4, -0.2) is 17.7 Å². The second-order valence-electron chi connectivity index (χ2n) is 6.61. The Hall–Kier alpha value is -3.40. The van der Waals surface area contributed by atoms with Gasteiger partial charge in [-0.05, 0) is 36.4 Å². The zero-order valence-corrected chi connectivity index (χ0v) is 16.2. The van der Waals surface area contributed by atoms with E-state index in [0.29, 0.717) is 6.42 Å². The zero-order valence-electron chi connectivity index (χ0n) is 16.2. The largest absolute Gasteiger partial charge is 0.373 e. The van der Waals surface area contributed by atoms with Gasteiger partial charge in [0.05, 0.1) is 5.71 Å². The molecule has 0 spiro atoms. The molecule has 3 rings (SSSR count). The number of anilines is 1. The molecule has 0 aliphatic heterocycles. The summed E-state index contributed by atoms with van der Waals surface area (Å²) in [5, 5.41) is 9.80. The molecule has 1 atom stereocenters. The van der Waals surface area contributed by atoms with Crippen LogP contribution in [0.1, 0.15) is 25.8 Å². The monoisotopic (exact) mass is 371 g/mol. The van der Waals surface area contributed by atoms with Crippen molar-refractivity contribution < 1.29 is 4.79 Å². The fraction of sp³-hybridized carbons (Fsp3) is 0.167. The van der Waals surface area contributed by atoms with Gasteiger partial charge in [0.25, 0.3) is 5.91 Å². The molecule has 0 aliphatic carbocycles. The third-order valence-electron chi connectivity index (χ3n) is 4.50. The number of hydrazone groups is 1. The lowest BCUT2D eigenvalue weighted by Gasteiger charge is -2.18. The van der Waals surface area contributed by atoms with Gasteiger partial charge in [-0.25, -0.2) is 5.43 Å². The molecule has 1 amide bonds. The lowest BCUT2D eigenvalue weighted by molar-refractivity contribution is -0.121. The maximum absolute atomic E-state index is 12.6. The van der Waals surface area contributed by atoms with Gasteiger partial charge in [0.15, 0.2) is 0 Å². The second-order valence-corrected chi connectivity index (χ2v) is 6.61. The molecular formula is C24H25N3O. The van der Waals surface area contributed by atoms with E-state index in [1.165, 1.54) is 0 Å². The lowest BCUT2D eigenvalue weighted by Crippen LogP contribution is -2.37. The van der Waals surface area contributed by atoms with E-state index in [4.69, 9.17) is 0 Å². The number of allylic oxidation sites excluding steroid dienone is 1. The van der Waals surface area contributed by atoms with Crippen LogP contribution in [0, 0.1) is 0 Å². The first-order valence-corrected chi connectivity index (χ1v) is 9.49. The Labute approximate surface area is 166 Å². The molecule has 3 aromatic rings. The zero-order chi connectivity index (χ0) is 19.8. The lowest BCUT2D eigenvalue weighted by atomic mass is 10.1. The molecule has 0 fully saturated rings. The maximum atomic E-state index is 12.6. The van der Waals surface area contributed by atoms with Gasteiger partial charge in [-0.15, -0.1) is 0 Å². The minimum atomic E-state index is -0.361. The van der Waals surface area contributed by atoms with E-state index in [1.54, 1.807) is 0 Å². The van der Waals surface area contributed by atoms with Crippen molar-refractivity contribution in [3.63, 3.8) is 0 Å². The number of amides is 1. The molecule has 0 bridgehead atoms. The highest BCUT2D eigenvalue weighted by molar-refractivity contribution is 5.98. The molecular weight excluding hydrogens is 346 g/mol. The molecule has 0 aliphatic rings. The van der Waals surface area contributed by atoms with Crippen LogP contribution in [0.25, 0.3) is 16.8 Å². The van der Waals surface area contributed by atoms with Crippen LogP contribution >= 0.6 is 0 Å². The van der Waals surface area contributed by atoms with Crippen LogP contribution in [-0.2, 0) is 4.79 Å². The smallest absolute Gasteiger partial charge is 0.262 e. The molecule has 0 radical (unpaired) electrons. The van der Waals surface area contributed by atoms with Gasteiger partial charge in [-0.3, -0.25) is 4.79 Å². The first-order chi connectivity index (χ1) is 13.7. The Bertz CT molecular complexity index is 988. The summed E-state index contributed by atoms with van der Waals surface area (Å²) in [7, 11) is 0. The van der Waals surface area contributed by atoms with E-state index in [0.717, 1.165) is 27.7 Å². The Kier molecular flexibility index (Phi) is 6.58. The Morgan fingerprint density at radius 1 is 1.00 bits per heavy atom. The van der Waals surface area contributed by atoms with Gasteiger partial charge < -0.3 is 5.32 Å². The number of carbonyl (C=O) groups excluding carboxylic acids is 1. The van der Waals surface area contributed by atoms with Gasteiger partial charge >= 0.3 is 0 Å². The van der Waals surface area contributed by atoms with Crippen molar-refractivity contribution in [1.29, 1.82) is 0 Å². The van der Waals surface area contributed by atoms with Gasteiger partial charge in [-0.2, -0.15) is 5.10 Å². The number of hydrogen-bond acceptors (Lipinski definition) is 3. The van der Waals surface area contributed by atoms with E-state index in [1.807, 2.05) is 80.6 Å². The van der Waals surface area contributed by atoms with Gasteiger partial charge in [0.2, 0.25) is 0 Å². The van der Waals surface area contributed by atoms with E-state index < -0.39 is 0 Å². The molecule has 142 valence electrons. The minimum Gasteiger partial charge on any atom is -0.373 e. The molecule has 0 saturated heterocycles. The fourth-order valence-corrected chi connectivity index (χ4v) is 2.93. The topological polar surface area (TPSA) is 53.5 Å². The third-order valence-corrected chi connectivity index (χ3v) is 4.50. The summed E-state index contributed by atoms with van der Waals surface area (Å²) in [6.07, 6.45) is 4.51. The van der Waals surface area contributed by atoms with E-state index in [2.05, 4.69) is 34.0 Å². The molecule has 0 aromatic heterocycles. The first-order valence-electron chi connectivity index (χ1n) is 9.49. The van der Waals surface area contributed by atoms with Crippen LogP contribution in [0.3, 0.4) is 0 Å². The Morgan fingerprint density at radius 2 is 1.71 bits per heavy atom. The minimum absolute atomic E-state index is 0.150. The second kappa shape index (κ2) is 9.51. The number of nitrogens with one attached hydrogen (secondary N) is 2. The number of carbonyl (C=O) groups is 1. The highest BCUT2D eigenvalue weighted by Crippen LogP contribution is 2.24. The summed E-state index contributed by atoms with van der Waals surface area (Å²) in [5.41, 5.74) is 5.45. The predicted octanol–water partition coefficient (Wildman–Crippen LogP) is 5.24. The Morgan fingerprint density at radius 3 is 2.50 bits per heavy atom. The summed E-state index contributed by atoms with van der Waals surface area (Å²) >= 11 is 0. The van der Waals surface area contributed by atoms with Crippen LogP contribution in [0.4, 0.5) is 5.69 Å². The predicted molar refractivity (Wildman–Crippen MR) is 118 cm³/mol. The highest BCUT2D eigenvalue weighted by Gasteiger charge is 2.16. The molecule has 3 aromatic carbocycles. The SMILES string of the molecule is CCC(Nc1cccc2ccccc12)C(=O)N/N=C(C)\C=C\c1ccccc1. The molecule has 4 heteroatoms. The van der Waals surface area contributed by atoms with Crippen LogP contribution < -0.4 is 10.7 Å². The van der Waals surface area contributed by atoms with E-state index in [9.17, 15) is 4.79 Å². The van der Waals surface area contributed by atoms with Gasteiger partial charge in [-0.1, -0.05) is 79.7 Å². The van der Waals surface area contributed by atoms with Crippen molar-refractivity contribution in [1.82, 2.24) is 5.43 Å². The van der Waals surface area contributed by atoms with Crippen molar-refractivity contribution in [2.75, 3.05) is 5.32 Å². The molecule has 28 heavy (non-hydrogen) atoms. The molecule has 4 nitrogen and oxygen atoms in total. The van der Waals surface area contributed by atoms with E-state index >= 15 is 0 Å². The van der Waals surface area contributed by atoms with Gasteiger partial charge in [0, 0.05) is 11.1 Å². The number of rotatable bonds is 7. The summed E-state index contributed by atoms with van der Waals surface area (Å²) in [4.78, 5) is 12.6.